The molecule has 0 spiro atoms. The topological polar surface area (TPSA) is 75.8 Å². The van der Waals surface area contributed by atoms with Gasteiger partial charge in [-0.1, -0.05) is 12.1 Å². The van der Waals surface area contributed by atoms with Gasteiger partial charge in [0.05, 0.1) is 12.7 Å². The van der Waals surface area contributed by atoms with Crippen molar-refractivity contribution in [2.24, 2.45) is 5.73 Å². The maximum absolute atomic E-state index is 11.0. The van der Waals surface area contributed by atoms with E-state index < -0.39 is 11.6 Å². The van der Waals surface area contributed by atoms with Crippen LogP contribution >= 0.6 is 0 Å². The van der Waals surface area contributed by atoms with Crippen LogP contribution in [0.25, 0.3) is 0 Å². The van der Waals surface area contributed by atoms with E-state index in [1.54, 1.807) is 12.0 Å². The molecular weight excluding hydrogens is 232 g/mol. The van der Waals surface area contributed by atoms with E-state index in [2.05, 4.69) is 0 Å². The van der Waals surface area contributed by atoms with Crippen LogP contribution in [0.5, 0.6) is 5.75 Å². The third-order valence-electron chi connectivity index (χ3n) is 3.51. The number of likely N-dealkylation sites (tertiary alicyclic amines) is 1. The Bertz CT molecular complexity index is 440. The monoisotopic (exact) mass is 250 g/mol. The minimum absolute atomic E-state index is 0.428. The molecule has 1 saturated heterocycles. The van der Waals surface area contributed by atoms with Gasteiger partial charge in [-0.2, -0.15) is 0 Å². The van der Waals surface area contributed by atoms with Crippen molar-refractivity contribution in [3.05, 3.63) is 29.8 Å². The number of nitrogens with zero attached hydrogens (tertiary/aromatic N) is 1. The third kappa shape index (κ3) is 2.41. The number of hydrogen-bond donors (Lipinski definition) is 2. The van der Waals surface area contributed by atoms with Gasteiger partial charge in [0.15, 0.2) is 0 Å². The highest BCUT2D eigenvalue weighted by Gasteiger charge is 2.35. The van der Waals surface area contributed by atoms with E-state index in [0.29, 0.717) is 25.9 Å². The fourth-order valence-corrected chi connectivity index (χ4v) is 2.30. The van der Waals surface area contributed by atoms with Crippen LogP contribution in [0.2, 0.25) is 0 Å². The maximum Gasteiger partial charge on any atom is 0.314 e. The van der Waals surface area contributed by atoms with Gasteiger partial charge >= 0.3 is 6.03 Å². The molecule has 1 aromatic carbocycles. The SMILES string of the molecule is COc1cccc(C2(O)CCN(C(N)=O)CC2)c1. The van der Waals surface area contributed by atoms with Crippen LogP contribution in [0.15, 0.2) is 24.3 Å². The second-order valence-corrected chi connectivity index (χ2v) is 4.59. The standard InChI is InChI=1S/C13H18N2O3/c1-18-11-4-2-3-10(9-11)13(17)5-7-15(8-6-13)12(14)16/h2-4,9,17H,5-8H2,1H3,(H2,14,16). The van der Waals surface area contributed by atoms with Gasteiger partial charge in [0.1, 0.15) is 5.75 Å². The first kappa shape index (κ1) is 12.7. The number of ether oxygens (including phenoxy) is 1. The number of benzene rings is 1. The number of hydrogen-bond acceptors (Lipinski definition) is 3. The van der Waals surface area contributed by atoms with Crippen LogP contribution in [0, 0.1) is 0 Å². The van der Waals surface area contributed by atoms with E-state index in [0.717, 1.165) is 11.3 Å². The van der Waals surface area contributed by atoms with Crippen LogP contribution in [0.1, 0.15) is 18.4 Å². The van der Waals surface area contributed by atoms with Crippen molar-refractivity contribution in [3.63, 3.8) is 0 Å². The lowest BCUT2D eigenvalue weighted by Gasteiger charge is -2.37. The summed E-state index contributed by atoms with van der Waals surface area (Å²) in [5.41, 5.74) is 5.15. The zero-order valence-corrected chi connectivity index (χ0v) is 10.4. The molecule has 18 heavy (non-hydrogen) atoms. The van der Waals surface area contributed by atoms with E-state index in [4.69, 9.17) is 10.5 Å². The summed E-state index contributed by atoms with van der Waals surface area (Å²) in [4.78, 5) is 12.6. The molecule has 0 aliphatic carbocycles. The number of carbonyl (C=O) groups is 1. The fourth-order valence-electron chi connectivity index (χ4n) is 2.30. The summed E-state index contributed by atoms with van der Waals surface area (Å²) < 4.78 is 5.15. The van der Waals surface area contributed by atoms with E-state index in [-0.39, 0.29) is 0 Å². The van der Waals surface area contributed by atoms with Crippen molar-refractivity contribution in [2.75, 3.05) is 20.2 Å². The lowest BCUT2D eigenvalue weighted by Crippen LogP contribution is -2.47. The highest BCUT2D eigenvalue weighted by molar-refractivity contribution is 5.72. The van der Waals surface area contributed by atoms with Crippen molar-refractivity contribution in [1.82, 2.24) is 4.90 Å². The summed E-state index contributed by atoms with van der Waals surface area (Å²) >= 11 is 0. The molecule has 0 atom stereocenters. The zero-order valence-electron chi connectivity index (χ0n) is 10.4. The number of rotatable bonds is 2. The highest BCUT2D eigenvalue weighted by Crippen LogP contribution is 2.34. The highest BCUT2D eigenvalue weighted by atomic mass is 16.5. The lowest BCUT2D eigenvalue weighted by atomic mass is 9.84. The van der Waals surface area contributed by atoms with Crippen LogP contribution in [0.4, 0.5) is 4.79 Å². The number of aliphatic hydroxyl groups is 1. The molecule has 0 bridgehead atoms. The quantitative estimate of drug-likeness (QED) is 0.824. The van der Waals surface area contributed by atoms with Crippen LogP contribution in [-0.4, -0.2) is 36.2 Å². The van der Waals surface area contributed by atoms with Crippen molar-refractivity contribution < 1.29 is 14.6 Å². The van der Waals surface area contributed by atoms with Crippen LogP contribution in [-0.2, 0) is 5.60 Å². The number of amides is 2. The van der Waals surface area contributed by atoms with Gasteiger partial charge in [-0.25, -0.2) is 4.79 Å². The molecule has 0 unspecified atom stereocenters. The predicted octanol–water partition coefficient (Wildman–Crippen LogP) is 1.06. The second kappa shape index (κ2) is 4.86. The van der Waals surface area contributed by atoms with Gasteiger partial charge in [-0.05, 0) is 30.5 Å². The molecule has 2 rings (SSSR count). The number of primary amides is 1. The Hall–Kier alpha value is -1.75. The summed E-state index contributed by atoms with van der Waals surface area (Å²) in [5, 5.41) is 10.6. The van der Waals surface area contributed by atoms with Gasteiger partial charge in [0, 0.05) is 13.1 Å². The molecule has 1 aliphatic rings. The van der Waals surface area contributed by atoms with Crippen molar-refractivity contribution in [1.29, 1.82) is 0 Å². The molecule has 0 aromatic heterocycles. The summed E-state index contributed by atoms with van der Waals surface area (Å²) in [7, 11) is 1.60. The average molecular weight is 250 g/mol. The molecule has 1 fully saturated rings. The molecule has 1 aliphatic heterocycles. The molecule has 0 radical (unpaired) electrons. The van der Waals surface area contributed by atoms with Gasteiger partial charge in [0.25, 0.3) is 0 Å². The van der Waals surface area contributed by atoms with Crippen molar-refractivity contribution >= 4 is 6.03 Å². The summed E-state index contributed by atoms with van der Waals surface area (Å²) in [6.45, 7) is 0.950. The first-order valence-corrected chi connectivity index (χ1v) is 5.96. The molecular formula is C13H18N2O3. The Morgan fingerprint density at radius 2 is 2.11 bits per heavy atom. The number of piperidine rings is 1. The fraction of sp³-hybridized carbons (Fsp3) is 0.462. The van der Waals surface area contributed by atoms with E-state index >= 15 is 0 Å². The van der Waals surface area contributed by atoms with Gasteiger partial charge < -0.3 is 20.5 Å². The first-order chi connectivity index (χ1) is 8.55. The molecule has 5 nitrogen and oxygen atoms in total. The Balaban J connectivity index is 2.15. The maximum atomic E-state index is 11.0. The average Bonchev–Trinajstić information content (AvgIpc) is 2.39. The molecule has 1 aromatic rings. The minimum atomic E-state index is -0.902. The third-order valence-corrected chi connectivity index (χ3v) is 3.51. The van der Waals surface area contributed by atoms with Crippen molar-refractivity contribution in [2.45, 2.75) is 18.4 Å². The Morgan fingerprint density at radius 1 is 1.44 bits per heavy atom. The number of nitrogens with two attached hydrogens (primary N) is 1. The van der Waals surface area contributed by atoms with Crippen molar-refractivity contribution in [3.8, 4) is 5.75 Å². The zero-order chi connectivity index (χ0) is 13.2. The Labute approximate surface area is 106 Å². The van der Waals surface area contributed by atoms with Gasteiger partial charge in [-0.3, -0.25) is 0 Å². The minimum Gasteiger partial charge on any atom is -0.497 e. The summed E-state index contributed by atoms with van der Waals surface area (Å²) in [5.74, 6) is 0.721. The molecule has 3 N–H and O–H groups in total. The predicted molar refractivity (Wildman–Crippen MR) is 67.3 cm³/mol. The number of methoxy groups -OCH3 is 1. The molecule has 2 amide bonds. The summed E-state index contributed by atoms with van der Waals surface area (Å²) in [6, 6.07) is 6.98. The normalized spacial score (nSPS) is 18.4. The number of carbonyl (C=O) groups excluding carboxylic acids is 1. The Morgan fingerprint density at radius 3 is 2.67 bits per heavy atom. The largest absolute Gasteiger partial charge is 0.497 e. The molecule has 1 heterocycles. The van der Waals surface area contributed by atoms with Gasteiger partial charge in [-0.15, -0.1) is 0 Å². The second-order valence-electron chi connectivity index (χ2n) is 4.59. The van der Waals surface area contributed by atoms with E-state index in [1.165, 1.54) is 0 Å². The van der Waals surface area contributed by atoms with Gasteiger partial charge in [0.2, 0.25) is 0 Å². The van der Waals surface area contributed by atoms with Crippen LogP contribution < -0.4 is 10.5 Å². The van der Waals surface area contributed by atoms with Crippen LogP contribution in [0.3, 0.4) is 0 Å². The first-order valence-electron chi connectivity index (χ1n) is 5.96. The lowest BCUT2D eigenvalue weighted by molar-refractivity contribution is -0.0162. The Kier molecular flexibility index (Phi) is 3.43. The molecule has 98 valence electrons. The van der Waals surface area contributed by atoms with E-state index in [1.807, 2.05) is 24.3 Å². The smallest absolute Gasteiger partial charge is 0.314 e. The summed E-state index contributed by atoms with van der Waals surface area (Å²) in [6.07, 6.45) is 0.978. The molecule has 0 saturated carbocycles. The van der Waals surface area contributed by atoms with E-state index in [9.17, 15) is 9.90 Å². The molecule has 5 heteroatoms. The number of urea groups is 1.